The van der Waals surface area contributed by atoms with Crippen molar-refractivity contribution in [2.75, 3.05) is 49.5 Å². The van der Waals surface area contributed by atoms with Crippen molar-refractivity contribution in [3.8, 4) is 0 Å². The highest BCUT2D eigenvalue weighted by atomic mass is 35.5. The van der Waals surface area contributed by atoms with Gasteiger partial charge in [-0.2, -0.15) is 0 Å². The summed E-state index contributed by atoms with van der Waals surface area (Å²) < 4.78 is 5.26. The number of hydrogen-bond donors (Lipinski definition) is 1. The van der Waals surface area contributed by atoms with Crippen LogP contribution in [0.3, 0.4) is 0 Å². The number of halogens is 1. The molecule has 8 nitrogen and oxygen atoms in total. The van der Waals surface area contributed by atoms with Crippen LogP contribution in [0.4, 0.5) is 11.4 Å². The number of piperazine rings is 1. The van der Waals surface area contributed by atoms with Crippen LogP contribution < -0.4 is 10.2 Å². The van der Waals surface area contributed by atoms with Gasteiger partial charge in [0.2, 0.25) is 0 Å². The van der Waals surface area contributed by atoms with E-state index in [1.54, 1.807) is 53.4 Å². The van der Waals surface area contributed by atoms with Crippen LogP contribution in [0.25, 0.3) is 0 Å². The minimum Gasteiger partial charge on any atom is -0.459 e. The predicted octanol–water partition coefficient (Wildman–Crippen LogP) is 4.77. The standard InChI is InChI=1S/C28H29ClN4O4/c29-23-8-3-2-7-21(23)26(34)30-20-10-11-24(22(19-20)27(35)32-12-4-1-5-13-32)31-14-16-33(17-15-31)28(36)25-9-6-18-37-25/h2-3,6-11,18-19H,1,4-5,12-17H2,(H,30,34). The monoisotopic (exact) mass is 520 g/mol. The fourth-order valence-corrected chi connectivity index (χ4v) is 5.10. The summed E-state index contributed by atoms with van der Waals surface area (Å²) in [5, 5.41) is 3.25. The molecule has 0 aliphatic carbocycles. The van der Waals surface area contributed by atoms with E-state index in [9.17, 15) is 14.4 Å². The van der Waals surface area contributed by atoms with Crippen molar-refractivity contribution < 1.29 is 18.8 Å². The Morgan fingerprint density at radius 1 is 0.757 bits per heavy atom. The van der Waals surface area contributed by atoms with Crippen molar-refractivity contribution in [3.05, 3.63) is 82.8 Å². The molecule has 2 aromatic carbocycles. The average Bonchev–Trinajstić information content (AvgIpc) is 3.48. The molecule has 192 valence electrons. The fraction of sp³-hybridized carbons (Fsp3) is 0.321. The van der Waals surface area contributed by atoms with E-state index in [0.717, 1.165) is 38.0 Å². The molecule has 3 heterocycles. The van der Waals surface area contributed by atoms with Crippen LogP contribution in [-0.2, 0) is 0 Å². The normalized spacial score (nSPS) is 16.0. The van der Waals surface area contributed by atoms with Gasteiger partial charge in [-0.05, 0) is 61.7 Å². The van der Waals surface area contributed by atoms with E-state index >= 15 is 0 Å². The van der Waals surface area contributed by atoms with E-state index < -0.39 is 0 Å². The molecule has 2 aliphatic heterocycles. The highest BCUT2D eigenvalue weighted by Gasteiger charge is 2.28. The molecule has 0 saturated carbocycles. The van der Waals surface area contributed by atoms with Gasteiger partial charge in [-0.25, -0.2) is 0 Å². The Morgan fingerprint density at radius 3 is 2.19 bits per heavy atom. The van der Waals surface area contributed by atoms with Gasteiger partial charge in [0.1, 0.15) is 0 Å². The highest BCUT2D eigenvalue weighted by Crippen LogP contribution is 2.29. The summed E-state index contributed by atoms with van der Waals surface area (Å²) >= 11 is 6.20. The molecule has 9 heteroatoms. The fourth-order valence-electron chi connectivity index (χ4n) is 4.88. The minimum atomic E-state index is -0.334. The van der Waals surface area contributed by atoms with Crippen molar-refractivity contribution in [1.82, 2.24) is 9.80 Å². The topological polar surface area (TPSA) is 86.1 Å². The third-order valence-corrected chi connectivity index (χ3v) is 7.22. The number of anilines is 2. The van der Waals surface area contributed by atoms with E-state index in [1.807, 2.05) is 11.0 Å². The van der Waals surface area contributed by atoms with Crippen LogP contribution in [0.1, 0.15) is 50.5 Å². The third-order valence-electron chi connectivity index (χ3n) is 6.89. The Morgan fingerprint density at radius 2 is 1.49 bits per heavy atom. The zero-order valence-corrected chi connectivity index (χ0v) is 21.2. The second kappa shape index (κ2) is 11.1. The smallest absolute Gasteiger partial charge is 0.289 e. The second-order valence-electron chi connectivity index (χ2n) is 9.28. The summed E-state index contributed by atoms with van der Waals surface area (Å²) in [7, 11) is 0. The quantitative estimate of drug-likeness (QED) is 0.523. The minimum absolute atomic E-state index is 0.0439. The van der Waals surface area contributed by atoms with Crippen molar-refractivity contribution in [3.63, 3.8) is 0 Å². The Kier molecular flexibility index (Phi) is 7.46. The van der Waals surface area contributed by atoms with Crippen molar-refractivity contribution >= 4 is 40.7 Å². The van der Waals surface area contributed by atoms with E-state index in [4.69, 9.17) is 16.0 Å². The van der Waals surface area contributed by atoms with Crippen LogP contribution >= 0.6 is 11.6 Å². The number of carbonyl (C=O) groups excluding carboxylic acids is 3. The van der Waals surface area contributed by atoms with Crippen molar-refractivity contribution in [2.24, 2.45) is 0 Å². The molecule has 1 N–H and O–H groups in total. The molecule has 37 heavy (non-hydrogen) atoms. The lowest BCUT2D eigenvalue weighted by molar-refractivity contribution is 0.0705. The van der Waals surface area contributed by atoms with Crippen LogP contribution in [0.15, 0.2) is 65.3 Å². The number of hydrogen-bond acceptors (Lipinski definition) is 5. The molecular weight excluding hydrogens is 492 g/mol. The Bertz CT molecular complexity index is 1280. The van der Waals surface area contributed by atoms with E-state index in [2.05, 4.69) is 10.2 Å². The van der Waals surface area contributed by atoms with Crippen molar-refractivity contribution in [2.45, 2.75) is 19.3 Å². The van der Waals surface area contributed by atoms with E-state index in [0.29, 0.717) is 53.8 Å². The zero-order chi connectivity index (χ0) is 25.8. The molecule has 5 rings (SSSR count). The summed E-state index contributed by atoms with van der Waals surface area (Å²) in [5.74, 6) is -0.183. The summed E-state index contributed by atoms with van der Waals surface area (Å²) in [5.41, 5.74) is 2.25. The molecule has 2 aliphatic rings. The summed E-state index contributed by atoms with van der Waals surface area (Å²) in [4.78, 5) is 45.0. The number of amides is 3. The Hall–Kier alpha value is -3.78. The zero-order valence-electron chi connectivity index (χ0n) is 20.5. The highest BCUT2D eigenvalue weighted by molar-refractivity contribution is 6.34. The van der Waals surface area contributed by atoms with Gasteiger partial charge in [0, 0.05) is 50.6 Å². The average molecular weight is 521 g/mol. The number of rotatable bonds is 5. The lowest BCUT2D eigenvalue weighted by Crippen LogP contribution is -2.49. The molecule has 3 aromatic rings. The van der Waals surface area contributed by atoms with E-state index in [-0.39, 0.29) is 17.7 Å². The van der Waals surface area contributed by atoms with Gasteiger partial charge >= 0.3 is 0 Å². The first-order valence-corrected chi connectivity index (χ1v) is 13.0. The third kappa shape index (κ3) is 5.49. The van der Waals surface area contributed by atoms with Gasteiger partial charge in [0.15, 0.2) is 5.76 Å². The number of nitrogens with zero attached hydrogens (tertiary/aromatic N) is 3. The number of carbonyl (C=O) groups is 3. The maximum absolute atomic E-state index is 13.6. The van der Waals surface area contributed by atoms with Crippen LogP contribution in [0.5, 0.6) is 0 Å². The second-order valence-corrected chi connectivity index (χ2v) is 9.68. The number of furan rings is 1. The van der Waals surface area contributed by atoms with Gasteiger partial charge < -0.3 is 24.4 Å². The first-order chi connectivity index (χ1) is 18.0. The lowest BCUT2D eigenvalue weighted by Gasteiger charge is -2.37. The van der Waals surface area contributed by atoms with Crippen LogP contribution in [-0.4, -0.2) is 66.8 Å². The van der Waals surface area contributed by atoms with Crippen LogP contribution in [0.2, 0.25) is 5.02 Å². The summed E-state index contributed by atoms with van der Waals surface area (Å²) in [6, 6.07) is 15.7. The largest absolute Gasteiger partial charge is 0.459 e. The molecule has 1 aromatic heterocycles. The summed E-state index contributed by atoms with van der Waals surface area (Å²) in [6.45, 7) is 3.64. The number of likely N-dealkylation sites (tertiary alicyclic amines) is 1. The Balaban J connectivity index is 1.37. The molecular formula is C28H29ClN4O4. The maximum atomic E-state index is 13.6. The van der Waals surface area contributed by atoms with Gasteiger partial charge in [-0.3, -0.25) is 14.4 Å². The number of nitrogens with one attached hydrogen (secondary N) is 1. The van der Waals surface area contributed by atoms with Gasteiger partial charge in [0.05, 0.1) is 22.4 Å². The van der Waals surface area contributed by atoms with Crippen molar-refractivity contribution in [1.29, 1.82) is 0 Å². The molecule has 0 radical (unpaired) electrons. The molecule has 3 amide bonds. The molecule has 0 spiro atoms. The first-order valence-electron chi connectivity index (χ1n) is 12.6. The summed E-state index contributed by atoms with van der Waals surface area (Å²) in [6.07, 6.45) is 4.58. The number of benzene rings is 2. The Labute approximate surface area is 220 Å². The lowest BCUT2D eigenvalue weighted by atomic mass is 10.0. The molecule has 0 atom stereocenters. The predicted molar refractivity (Wildman–Crippen MR) is 142 cm³/mol. The molecule has 2 saturated heterocycles. The SMILES string of the molecule is O=C(Nc1ccc(N2CCN(C(=O)c3ccco3)CC2)c(C(=O)N2CCCCC2)c1)c1ccccc1Cl. The van der Waals surface area contributed by atoms with Crippen LogP contribution in [0, 0.1) is 0 Å². The molecule has 0 bridgehead atoms. The maximum Gasteiger partial charge on any atom is 0.289 e. The van der Waals surface area contributed by atoms with E-state index in [1.165, 1.54) is 6.26 Å². The van der Waals surface area contributed by atoms with Gasteiger partial charge in [-0.1, -0.05) is 23.7 Å². The molecule has 2 fully saturated rings. The molecule has 0 unspecified atom stereocenters. The first kappa shape index (κ1) is 24.9. The van der Waals surface area contributed by atoms with Gasteiger partial charge in [-0.15, -0.1) is 0 Å². The van der Waals surface area contributed by atoms with Gasteiger partial charge in [0.25, 0.3) is 17.7 Å². The number of piperidine rings is 1.